The molecule has 0 spiro atoms. The summed E-state index contributed by atoms with van der Waals surface area (Å²) in [5.74, 6) is -0.179. The van der Waals surface area contributed by atoms with Gasteiger partial charge in [-0.15, -0.1) is 0 Å². The summed E-state index contributed by atoms with van der Waals surface area (Å²) in [7, 11) is 1.83. The third-order valence-electron chi connectivity index (χ3n) is 4.44. The number of benzene rings is 1. The van der Waals surface area contributed by atoms with Gasteiger partial charge in [-0.2, -0.15) is 5.10 Å². The maximum Gasteiger partial charge on any atom is 0.123 e. The molecule has 1 aliphatic carbocycles. The van der Waals surface area contributed by atoms with Crippen LogP contribution < -0.4 is 5.32 Å². The van der Waals surface area contributed by atoms with Gasteiger partial charge >= 0.3 is 0 Å². The largest absolute Gasteiger partial charge is 0.384 e. The van der Waals surface area contributed by atoms with Gasteiger partial charge in [-0.25, -0.2) is 4.39 Å². The number of nitrogens with one attached hydrogen (secondary N) is 1. The van der Waals surface area contributed by atoms with Crippen LogP contribution in [0, 0.1) is 5.82 Å². The maximum absolute atomic E-state index is 13.4. The van der Waals surface area contributed by atoms with Gasteiger partial charge in [-0.3, -0.25) is 4.68 Å². The van der Waals surface area contributed by atoms with Crippen LogP contribution in [0.15, 0.2) is 30.6 Å². The van der Waals surface area contributed by atoms with Crippen molar-refractivity contribution in [3.63, 3.8) is 0 Å². The van der Waals surface area contributed by atoms with Crippen LogP contribution >= 0.6 is 0 Å². The lowest BCUT2D eigenvalue weighted by molar-refractivity contribution is 0.0530. The lowest BCUT2D eigenvalue weighted by Crippen LogP contribution is -2.38. The van der Waals surface area contributed by atoms with Crippen LogP contribution in [0.4, 0.5) is 4.39 Å². The molecule has 2 N–H and O–H groups in total. The number of aliphatic hydroxyl groups is 1. The van der Waals surface area contributed by atoms with Crippen molar-refractivity contribution in [1.82, 2.24) is 15.1 Å². The fraction of sp³-hybridized carbons (Fsp3) is 0.471. The Kier molecular flexibility index (Phi) is 4.02. The molecule has 0 aliphatic heterocycles. The van der Waals surface area contributed by atoms with E-state index in [0.29, 0.717) is 6.54 Å². The van der Waals surface area contributed by atoms with Crippen LogP contribution in [0.5, 0.6) is 0 Å². The van der Waals surface area contributed by atoms with E-state index in [-0.39, 0.29) is 11.9 Å². The van der Waals surface area contributed by atoms with E-state index in [1.807, 2.05) is 19.3 Å². The molecule has 118 valence electrons. The third kappa shape index (κ3) is 3.05. The summed E-state index contributed by atoms with van der Waals surface area (Å²) in [4.78, 5) is 0. The molecule has 0 saturated heterocycles. The van der Waals surface area contributed by atoms with Gasteiger partial charge in [0.1, 0.15) is 11.4 Å². The third-order valence-corrected chi connectivity index (χ3v) is 4.44. The predicted octanol–water partition coefficient (Wildman–Crippen LogP) is 2.43. The molecule has 2 aromatic rings. The minimum absolute atomic E-state index is 0.160. The fourth-order valence-corrected chi connectivity index (χ4v) is 3.12. The average Bonchev–Trinajstić information content (AvgIpc) is 2.92. The standard InChI is InChI=1S/C17H22FN3O/c1-17(22,13-9-20-21(2)10-13)11-19-16-5-3-4-12-8-14(18)6-7-15(12)16/h6-10,16,19,22H,3-5,11H2,1-2H3/t16-,17+/m0/s1. The molecule has 22 heavy (non-hydrogen) atoms. The highest BCUT2D eigenvalue weighted by molar-refractivity contribution is 5.33. The molecule has 4 nitrogen and oxygen atoms in total. The van der Waals surface area contributed by atoms with E-state index in [4.69, 9.17) is 0 Å². The highest BCUT2D eigenvalue weighted by Crippen LogP contribution is 2.31. The Hall–Kier alpha value is -1.72. The number of rotatable bonds is 4. The zero-order valence-electron chi connectivity index (χ0n) is 13.0. The van der Waals surface area contributed by atoms with Crippen molar-refractivity contribution in [2.75, 3.05) is 6.54 Å². The first-order valence-corrected chi connectivity index (χ1v) is 7.69. The highest BCUT2D eigenvalue weighted by Gasteiger charge is 2.27. The zero-order chi connectivity index (χ0) is 15.7. The second kappa shape index (κ2) is 5.82. The first kappa shape index (κ1) is 15.2. The number of aryl methyl sites for hydroxylation is 2. The Morgan fingerprint density at radius 2 is 2.32 bits per heavy atom. The number of fused-ring (bicyclic) bond motifs is 1. The van der Waals surface area contributed by atoms with E-state index in [1.54, 1.807) is 23.9 Å². The molecule has 1 aliphatic rings. The van der Waals surface area contributed by atoms with Gasteiger partial charge in [0, 0.05) is 31.4 Å². The smallest absolute Gasteiger partial charge is 0.123 e. The van der Waals surface area contributed by atoms with Crippen molar-refractivity contribution in [3.8, 4) is 0 Å². The quantitative estimate of drug-likeness (QED) is 0.912. The summed E-state index contributed by atoms with van der Waals surface area (Å²) >= 11 is 0. The van der Waals surface area contributed by atoms with Gasteiger partial charge in [0.05, 0.1) is 6.20 Å². The molecule has 1 aromatic carbocycles. The molecule has 5 heteroatoms. The first-order valence-electron chi connectivity index (χ1n) is 7.69. The van der Waals surface area contributed by atoms with Crippen molar-refractivity contribution in [2.45, 2.75) is 37.8 Å². The molecule has 0 unspecified atom stereocenters. The fourth-order valence-electron chi connectivity index (χ4n) is 3.12. The van der Waals surface area contributed by atoms with E-state index < -0.39 is 5.60 Å². The Morgan fingerprint density at radius 1 is 1.50 bits per heavy atom. The molecule has 3 rings (SSSR count). The van der Waals surface area contributed by atoms with Crippen LogP contribution in [0.2, 0.25) is 0 Å². The van der Waals surface area contributed by atoms with Gasteiger partial charge in [0.25, 0.3) is 0 Å². The van der Waals surface area contributed by atoms with Crippen molar-refractivity contribution < 1.29 is 9.50 Å². The number of halogens is 1. The van der Waals surface area contributed by atoms with Crippen LogP contribution in [0.25, 0.3) is 0 Å². The SMILES string of the molecule is Cn1cc([C@](C)(O)CN[C@H]2CCCc3cc(F)ccc32)cn1. The predicted molar refractivity (Wildman–Crippen MR) is 82.9 cm³/mol. The lowest BCUT2D eigenvalue weighted by atomic mass is 9.87. The topological polar surface area (TPSA) is 50.1 Å². The molecule has 1 heterocycles. The Morgan fingerprint density at radius 3 is 3.05 bits per heavy atom. The van der Waals surface area contributed by atoms with Gasteiger partial charge in [-0.05, 0) is 49.4 Å². The molecule has 0 amide bonds. The van der Waals surface area contributed by atoms with Crippen LogP contribution in [0.1, 0.15) is 42.5 Å². The summed E-state index contributed by atoms with van der Waals surface area (Å²) in [5.41, 5.74) is 2.03. The Labute approximate surface area is 130 Å². The lowest BCUT2D eigenvalue weighted by Gasteiger charge is -2.30. The maximum atomic E-state index is 13.4. The van der Waals surface area contributed by atoms with Crippen molar-refractivity contribution in [2.24, 2.45) is 7.05 Å². The second-order valence-electron chi connectivity index (χ2n) is 6.35. The summed E-state index contributed by atoms with van der Waals surface area (Å²) in [5, 5.41) is 18.2. The Balaban J connectivity index is 1.72. The van der Waals surface area contributed by atoms with Crippen molar-refractivity contribution in [1.29, 1.82) is 0 Å². The number of aromatic nitrogens is 2. The van der Waals surface area contributed by atoms with E-state index >= 15 is 0 Å². The molecule has 0 radical (unpaired) electrons. The summed E-state index contributed by atoms with van der Waals surface area (Å²) in [6.07, 6.45) is 6.47. The molecule has 0 bridgehead atoms. The molecule has 1 aromatic heterocycles. The van der Waals surface area contributed by atoms with Gasteiger partial charge in [-0.1, -0.05) is 6.07 Å². The second-order valence-corrected chi connectivity index (χ2v) is 6.35. The molecule has 0 fully saturated rings. The molecular formula is C17H22FN3O. The first-order chi connectivity index (χ1) is 10.5. The van der Waals surface area contributed by atoms with E-state index in [0.717, 1.165) is 36.0 Å². The monoisotopic (exact) mass is 303 g/mol. The summed E-state index contributed by atoms with van der Waals surface area (Å²) in [6, 6.07) is 5.16. The molecular weight excluding hydrogens is 281 g/mol. The molecule has 2 atom stereocenters. The van der Waals surface area contributed by atoms with E-state index in [2.05, 4.69) is 10.4 Å². The normalized spacial score (nSPS) is 20.5. The summed E-state index contributed by atoms with van der Waals surface area (Å²) in [6.45, 7) is 2.21. The molecule has 0 saturated carbocycles. The van der Waals surface area contributed by atoms with Crippen LogP contribution in [0.3, 0.4) is 0 Å². The van der Waals surface area contributed by atoms with Gasteiger partial charge in [0.15, 0.2) is 0 Å². The zero-order valence-corrected chi connectivity index (χ0v) is 13.0. The number of nitrogens with zero attached hydrogens (tertiary/aromatic N) is 2. The number of hydrogen-bond acceptors (Lipinski definition) is 3. The highest BCUT2D eigenvalue weighted by atomic mass is 19.1. The van der Waals surface area contributed by atoms with Gasteiger partial charge in [0.2, 0.25) is 0 Å². The van der Waals surface area contributed by atoms with Crippen molar-refractivity contribution in [3.05, 3.63) is 53.1 Å². The van der Waals surface area contributed by atoms with E-state index in [1.165, 1.54) is 6.07 Å². The van der Waals surface area contributed by atoms with E-state index in [9.17, 15) is 9.50 Å². The minimum Gasteiger partial charge on any atom is -0.384 e. The van der Waals surface area contributed by atoms with Gasteiger partial charge < -0.3 is 10.4 Å². The van der Waals surface area contributed by atoms with Crippen LogP contribution in [-0.2, 0) is 19.1 Å². The Bertz CT molecular complexity index is 666. The van der Waals surface area contributed by atoms with Crippen molar-refractivity contribution >= 4 is 0 Å². The minimum atomic E-state index is -0.980. The number of hydrogen-bond donors (Lipinski definition) is 2. The van der Waals surface area contributed by atoms with Crippen LogP contribution in [-0.4, -0.2) is 21.4 Å². The average molecular weight is 303 g/mol. The summed E-state index contributed by atoms with van der Waals surface area (Å²) < 4.78 is 15.0.